The van der Waals surface area contributed by atoms with E-state index in [9.17, 15) is 14.7 Å². The second-order valence-corrected chi connectivity index (χ2v) is 9.39. The van der Waals surface area contributed by atoms with E-state index in [0.29, 0.717) is 11.6 Å². The van der Waals surface area contributed by atoms with Crippen LogP contribution in [-0.4, -0.2) is 34.8 Å². The predicted octanol–water partition coefficient (Wildman–Crippen LogP) is 4.80. The molecule has 1 amide bonds. The summed E-state index contributed by atoms with van der Waals surface area (Å²) in [5.41, 5.74) is 12.0. The number of thiazole rings is 1. The maximum Gasteiger partial charge on any atom is 0.407 e. The minimum atomic E-state index is -0.993. The largest absolute Gasteiger partial charge is 0.481 e. The lowest BCUT2D eigenvalue weighted by atomic mass is 9.98. The SMILES string of the molecule is Nc1nc2ccc(CC(CC(=O)O)NC(=O)OCC3c4ccccc4-c4ccccc43)cc2s1. The van der Waals surface area contributed by atoms with Crippen LogP contribution < -0.4 is 11.1 Å². The highest BCUT2D eigenvalue weighted by atomic mass is 32.1. The number of nitrogens with one attached hydrogen (secondary N) is 1. The number of nitrogens with zero attached hydrogens (tertiary/aromatic N) is 1. The second kappa shape index (κ2) is 9.15. The van der Waals surface area contributed by atoms with Crippen LogP contribution in [0.5, 0.6) is 0 Å². The molecule has 0 aliphatic heterocycles. The van der Waals surface area contributed by atoms with Gasteiger partial charge in [0.1, 0.15) is 6.61 Å². The molecule has 0 radical (unpaired) electrons. The molecule has 1 aromatic heterocycles. The zero-order valence-electron chi connectivity index (χ0n) is 18.2. The first-order chi connectivity index (χ1) is 16.5. The van der Waals surface area contributed by atoms with Crippen LogP contribution in [0.3, 0.4) is 0 Å². The first-order valence-corrected chi connectivity index (χ1v) is 11.8. The third-order valence-electron chi connectivity index (χ3n) is 6.04. The normalized spacial score (nSPS) is 13.3. The third-order valence-corrected chi connectivity index (χ3v) is 6.89. The molecule has 0 saturated carbocycles. The number of ether oxygens (including phenoxy) is 1. The van der Waals surface area contributed by atoms with Crippen LogP contribution in [0, 0.1) is 0 Å². The summed E-state index contributed by atoms with van der Waals surface area (Å²) < 4.78 is 6.52. The molecule has 34 heavy (non-hydrogen) atoms. The molecule has 1 aliphatic carbocycles. The molecular formula is C26H23N3O4S. The highest BCUT2D eigenvalue weighted by Gasteiger charge is 2.29. The summed E-state index contributed by atoms with van der Waals surface area (Å²) in [7, 11) is 0. The zero-order chi connectivity index (χ0) is 23.7. The zero-order valence-corrected chi connectivity index (χ0v) is 19.0. The number of aliphatic carboxylic acids is 1. The molecule has 4 aromatic rings. The fourth-order valence-electron chi connectivity index (χ4n) is 4.59. The first-order valence-electron chi connectivity index (χ1n) is 11.0. The second-order valence-electron chi connectivity index (χ2n) is 8.32. The molecule has 0 bridgehead atoms. The van der Waals surface area contributed by atoms with Gasteiger partial charge in [-0.25, -0.2) is 9.78 Å². The molecule has 7 nitrogen and oxygen atoms in total. The maximum atomic E-state index is 12.7. The Bertz CT molecular complexity index is 1340. The number of nitrogens with two attached hydrogens (primary N) is 1. The molecule has 5 rings (SSSR count). The predicted molar refractivity (Wildman–Crippen MR) is 132 cm³/mol. The van der Waals surface area contributed by atoms with Gasteiger partial charge in [-0.05, 0) is 46.4 Å². The Kier molecular flexibility index (Phi) is 5.90. The average molecular weight is 474 g/mol. The number of carbonyl (C=O) groups excluding carboxylic acids is 1. The van der Waals surface area contributed by atoms with E-state index >= 15 is 0 Å². The van der Waals surface area contributed by atoms with Crippen LogP contribution in [0.1, 0.15) is 29.0 Å². The molecule has 1 aliphatic rings. The number of aromatic nitrogens is 1. The van der Waals surface area contributed by atoms with Crippen molar-refractivity contribution in [2.45, 2.75) is 24.8 Å². The van der Waals surface area contributed by atoms with E-state index in [-0.39, 0.29) is 18.9 Å². The lowest BCUT2D eigenvalue weighted by Crippen LogP contribution is -2.39. The quantitative estimate of drug-likeness (QED) is 0.355. The van der Waals surface area contributed by atoms with Crippen molar-refractivity contribution < 1.29 is 19.4 Å². The molecule has 1 atom stereocenters. The highest BCUT2D eigenvalue weighted by Crippen LogP contribution is 2.44. The molecule has 1 unspecified atom stereocenters. The monoisotopic (exact) mass is 473 g/mol. The van der Waals surface area contributed by atoms with Crippen molar-refractivity contribution in [3.8, 4) is 11.1 Å². The van der Waals surface area contributed by atoms with Gasteiger partial charge in [-0.15, -0.1) is 0 Å². The van der Waals surface area contributed by atoms with E-state index in [1.807, 2.05) is 42.5 Å². The van der Waals surface area contributed by atoms with Gasteiger partial charge in [0.05, 0.1) is 16.6 Å². The number of rotatable bonds is 7. The molecule has 0 saturated heterocycles. The number of alkyl carbamates (subject to hydrolysis) is 1. The van der Waals surface area contributed by atoms with Gasteiger partial charge in [0.2, 0.25) is 0 Å². The van der Waals surface area contributed by atoms with Gasteiger partial charge in [-0.2, -0.15) is 0 Å². The summed E-state index contributed by atoms with van der Waals surface area (Å²) >= 11 is 1.37. The van der Waals surface area contributed by atoms with E-state index in [1.165, 1.54) is 11.3 Å². The molecule has 4 N–H and O–H groups in total. The average Bonchev–Trinajstić information content (AvgIpc) is 3.34. The van der Waals surface area contributed by atoms with Crippen LogP contribution in [0.2, 0.25) is 0 Å². The minimum Gasteiger partial charge on any atom is -0.481 e. The topological polar surface area (TPSA) is 115 Å². The Morgan fingerprint density at radius 1 is 1.06 bits per heavy atom. The minimum absolute atomic E-state index is 0.0599. The number of hydrogen-bond donors (Lipinski definition) is 3. The number of carboxylic acid groups (broad SMARTS) is 1. The van der Waals surface area contributed by atoms with Gasteiger partial charge in [-0.1, -0.05) is 65.9 Å². The van der Waals surface area contributed by atoms with Crippen LogP contribution in [-0.2, 0) is 16.0 Å². The molecule has 3 aromatic carbocycles. The summed E-state index contributed by atoms with van der Waals surface area (Å²) in [5.74, 6) is -1.05. The van der Waals surface area contributed by atoms with Gasteiger partial charge in [0.15, 0.2) is 5.13 Å². The summed E-state index contributed by atoms with van der Waals surface area (Å²) in [4.78, 5) is 28.3. The number of carbonyl (C=O) groups is 2. The molecule has 1 heterocycles. The lowest BCUT2D eigenvalue weighted by molar-refractivity contribution is -0.137. The van der Waals surface area contributed by atoms with Gasteiger partial charge in [-0.3, -0.25) is 4.79 Å². The maximum absolute atomic E-state index is 12.7. The fourth-order valence-corrected chi connectivity index (χ4v) is 5.39. The number of carboxylic acids is 1. The molecule has 0 fully saturated rings. The highest BCUT2D eigenvalue weighted by molar-refractivity contribution is 7.22. The standard InChI is InChI=1S/C26H23N3O4S/c27-25-29-22-10-9-15(12-23(22)34-25)11-16(13-24(30)31)28-26(32)33-14-21-19-7-3-1-5-17(19)18-6-2-4-8-20(18)21/h1-10,12,16,21H,11,13-14H2,(H2,27,29)(H,28,32)(H,30,31). The number of anilines is 1. The van der Waals surface area contributed by atoms with E-state index in [2.05, 4.69) is 34.6 Å². The van der Waals surface area contributed by atoms with Crippen LogP contribution in [0.4, 0.5) is 9.93 Å². The summed E-state index contributed by atoms with van der Waals surface area (Å²) in [6.07, 6.45) is -0.492. The van der Waals surface area contributed by atoms with Crippen molar-refractivity contribution in [2.75, 3.05) is 12.3 Å². The fraction of sp³-hybridized carbons (Fsp3) is 0.192. The van der Waals surface area contributed by atoms with Crippen LogP contribution in [0.15, 0.2) is 66.7 Å². The Morgan fingerprint density at radius 2 is 1.74 bits per heavy atom. The Morgan fingerprint density at radius 3 is 2.41 bits per heavy atom. The Labute approximate surface area is 200 Å². The van der Waals surface area contributed by atoms with Crippen molar-refractivity contribution in [1.29, 1.82) is 0 Å². The molecule has 172 valence electrons. The Balaban J connectivity index is 1.27. The van der Waals surface area contributed by atoms with Crippen LogP contribution >= 0.6 is 11.3 Å². The Hall–Kier alpha value is -3.91. The van der Waals surface area contributed by atoms with E-state index in [4.69, 9.17) is 10.5 Å². The number of amides is 1. The number of benzene rings is 3. The van der Waals surface area contributed by atoms with E-state index in [0.717, 1.165) is 38.0 Å². The molecular weight excluding hydrogens is 450 g/mol. The summed E-state index contributed by atoms with van der Waals surface area (Å²) in [6, 6.07) is 21.2. The lowest BCUT2D eigenvalue weighted by Gasteiger charge is -2.19. The van der Waals surface area contributed by atoms with E-state index < -0.39 is 18.1 Å². The van der Waals surface area contributed by atoms with Gasteiger partial charge in [0, 0.05) is 12.0 Å². The van der Waals surface area contributed by atoms with Gasteiger partial charge in [0.25, 0.3) is 0 Å². The summed E-state index contributed by atoms with van der Waals surface area (Å²) in [5, 5.41) is 12.6. The van der Waals surface area contributed by atoms with Crippen molar-refractivity contribution in [2.24, 2.45) is 0 Å². The van der Waals surface area contributed by atoms with Gasteiger partial charge < -0.3 is 20.9 Å². The smallest absolute Gasteiger partial charge is 0.407 e. The number of nitrogen functional groups attached to an aromatic ring is 1. The number of hydrogen-bond acceptors (Lipinski definition) is 6. The third kappa shape index (κ3) is 4.45. The van der Waals surface area contributed by atoms with Crippen molar-refractivity contribution in [3.05, 3.63) is 83.4 Å². The van der Waals surface area contributed by atoms with Crippen molar-refractivity contribution >= 4 is 38.7 Å². The van der Waals surface area contributed by atoms with Crippen molar-refractivity contribution in [3.63, 3.8) is 0 Å². The molecule has 0 spiro atoms. The van der Waals surface area contributed by atoms with Crippen molar-refractivity contribution in [1.82, 2.24) is 10.3 Å². The first kappa shape index (κ1) is 21.9. The number of fused-ring (bicyclic) bond motifs is 4. The summed E-state index contributed by atoms with van der Waals surface area (Å²) in [6.45, 7) is 0.172. The molecule has 8 heteroatoms. The van der Waals surface area contributed by atoms with Crippen LogP contribution in [0.25, 0.3) is 21.3 Å². The van der Waals surface area contributed by atoms with E-state index in [1.54, 1.807) is 0 Å². The van der Waals surface area contributed by atoms with Gasteiger partial charge >= 0.3 is 12.1 Å².